The monoisotopic (exact) mass is 311 g/mol. The molecule has 2 rings (SSSR count). The fourth-order valence-electron chi connectivity index (χ4n) is 2.15. The second-order valence-electron chi connectivity index (χ2n) is 5.65. The molecule has 0 saturated heterocycles. The number of aryl methyl sites for hydroxylation is 2. The van der Waals surface area contributed by atoms with Crippen molar-refractivity contribution in [2.75, 3.05) is 5.32 Å². The molecule has 1 atom stereocenters. The summed E-state index contributed by atoms with van der Waals surface area (Å²) in [7, 11) is 0. The lowest BCUT2D eigenvalue weighted by Gasteiger charge is -2.16. The summed E-state index contributed by atoms with van der Waals surface area (Å²) in [6.45, 7) is 7.09. The minimum absolute atomic E-state index is 0.0389. The number of hydrogen-bond acceptors (Lipinski definition) is 3. The number of ketones is 1. The Labute approximate surface area is 136 Å². The summed E-state index contributed by atoms with van der Waals surface area (Å²) >= 11 is 0. The van der Waals surface area contributed by atoms with Gasteiger partial charge in [0.15, 0.2) is 11.9 Å². The van der Waals surface area contributed by atoms with E-state index >= 15 is 0 Å². The number of amides is 1. The van der Waals surface area contributed by atoms with E-state index in [0.717, 1.165) is 16.8 Å². The van der Waals surface area contributed by atoms with E-state index in [0.29, 0.717) is 11.3 Å². The Morgan fingerprint density at radius 1 is 1.09 bits per heavy atom. The van der Waals surface area contributed by atoms with Gasteiger partial charge in [-0.25, -0.2) is 0 Å². The highest BCUT2D eigenvalue weighted by Gasteiger charge is 2.16. The molecule has 0 heterocycles. The summed E-state index contributed by atoms with van der Waals surface area (Å²) in [5.41, 5.74) is 3.41. The van der Waals surface area contributed by atoms with Crippen molar-refractivity contribution < 1.29 is 14.3 Å². The van der Waals surface area contributed by atoms with Crippen molar-refractivity contribution in [3.8, 4) is 5.75 Å². The number of carbonyl (C=O) groups is 2. The van der Waals surface area contributed by atoms with Gasteiger partial charge in [-0.15, -0.1) is 0 Å². The van der Waals surface area contributed by atoms with E-state index < -0.39 is 6.10 Å². The van der Waals surface area contributed by atoms with Crippen LogP contribution in [0.1, 0.15) is 35.3 Å². The number of ether oxygens (including phenoxy) is 1. The molecule has 0 aliphatic heterocycles. The third-order valence-electron chi connectivity index (χ3n) is 3.57. The second kappa shape index (κ2) is 7.09. The summed E-state index contributed by atoms with van der Waals surface area (Å²) in [6, 6.07) is 12.7. The molecule has 0 radical (unpaired) electrons. The zero-order chi connectivity index (χ0) is 17.0. The lowest BCUT2D eigenvalue weighted by Crippen LogP contribution is -2.30. The van der Waals surface area contributed by atoms with Crippen LogP contribution in [0.25, 0.3) is 0 Å². The van der Waals surface area contributed by atoms with E-state index in [1.165, 1.54) is 6.92 Å². The maximum atomic E-state index is 12.3. The standard InChI is InChI=1S/C19H21NO3/c1-12-8-9-13(2)18(10-12)20-19(22)15(4)23-17-7-5-6-16(11-17)14(3)21/h5-11,15H,1-4H3,(H,20,22)/t15-/m1/s1. The van der Waals surface area contributed by atoms with E-state index in [-0.39, 0.29) is 11.7 Å². The van der Waals surface area contributed by atoms with Crippen LogP contribution in [0.15, 0.2) is 42.5 Å². The first-order valence-electron chi connectivity index (χ1n) is 7.52. The first-order chi connectivity index (χ1) is 10.9. The normalized spacial score (nSPS) is 11.7. The van der Waals surface area contributed by atoms with E-state index in [4.69, 9.17) is 4.74 Å². The van der Waals surface area contributed by atoms with E-state index in [2.05, 4.69) is 5.32 Å². The summed E-state index contributed by atoms with van der Waals surface area (Å²) in [5, 5.41) is 2.88. The zero-order valence-corrected chi connectivity index (χ0v) is 13.8. The van der Waals surface area contributed by atoms with Gasteiger partial charge >= 0.3 is 0 Å². The van der Waals surface area contributed by atoms with Crippen LogP contribution in [0.5, 0.6) is 5.75 Å². The largest absolute Gasteiger partial charge is 0.481 e. The van der Waals surface area contributed by atoms with E-state index in [1.54, 1.807) is 31.2 Å². The first-order valence-corrected chi connectivity index (χ1v) is 7.52. The minimum atomic E-state index is -0.669. The molecule has 0 aliphatic carbocycles. The predicted octanol–water partition coefficient (Wildman–Crippen LogP) is 3.91. The predicted molar refractivity (Wildman–Crippen MR) is 91.1 cm³/mol. The number of hydrogen-bond donors (Lipinski definition) is 1. The van der Waals surface area contributed by atoms with Gasteiger partial charge in [0.1, 0.15) is 5.75 Å². The smallest absolute Gasteiger partial charge is 0.265 e. The minimum Gasteiger partial charge on any atom is -0.481 e. The van der Waals surface area contributed by atoms with Gasteiger partial charge in [0.05, 0.1) is 0 Å². The molecule has 2 aromatic rings. The molecule has 4 heteroatoms. The van der Waals surface area contributed by atoms with Crippen LogP contribution >= 0.6 is 0 Å². The topological polar surface area (TPSA) is 55.4 Å². The molecule has 1 N–H and O–H groups in total. The van der Waals surface area contributed by atoms with Gasteiger partial charge in [0.2, 0.25) is 0 Å². The Bertz CT molecular complexity index is 737. The Morgan fingerprint density at radius 2 is 1.83 bits per heavy atom. The van der Waals surface area contributed by atoms with E-state index in [9.17, 15) is 9.59 Å². The third kappa shape index (κ3) is 4.42. The van der Waals surface area contributed by atoms with Crippen LogP contribution in [0.3, 0.4) is 0 Å². The quantitative estimate of drug-likeness (QED) is 0.852. The number of Topliss-reactive ketones (excluding diaryl/α,β-unsaturated/α-hetero) is 1. The second-order valence-corrected chi connectivity index (χ2v) is 5.65. The number of rotatable bonds is 5. The number of anilines is 1. The van der Waals surface area contributed by atoms with Gasteiger partial charge in [0.25, 0.3) is 5.91 Å². The fourth-order valence-corrected chi connectivity index (χ4v) is 2.15. The summed E-state index contributed by atoms with van der Waals surface area (Å²) in [4.78, 5) is 23.7. The van der Waals surface area contributed by atoms with Crippen molar-refractivity contribution in [3.05, 3.63) is 59.2 Å². The molecule has 0 saturated carbocycles. The van der Waals surface area contributed by atoms with Crippen LogP contribution < -0.4 is 10.1 Å². The SMILES string of the molecule is CC(=O)c1cccc(O[C@H](C)C(=O)Nc2cc(C)ccc2C)c1. The molecule has 1 amide bonds. The molecule has 0 bridgehead atoms. The Hall–Kier alpha value is -2.62. The third-order valence-corrected chi connectivity index (χ3v) is 3.57. The lowest BCUT2D eigenvalue weighted by molar-refractivity contribution is -0.122. The van der Waals surface area contributed by atoms with Crippen LogP contribution in [-0.2, 0) is 4.79 Å². The fraction of sp³-hybridized carbons (Fsp3) is 0.263. The highest BCUT2D eigenvalue weighted by atomic mass is 16.5. The molecule has 0 aliphatic rings. The van der Waals surface area contributed by atoms with Crippen molar-refractivity contribution in [1.82, 2.24) is 0 Å². The molecule has 2 aromatic carbocycles. The van der Waals surface area contributed by atoms with Gasteiger partial charge < -0.3 is 10.1 Å². The van der Waals surface area contributed by atoms with Gasteiger partial charge in [-0.2, -0.15) is 0 Å². The zero-order valence-electron chi connectivity index (χ0n) is 13.8. The van der Waals surface area contributed by atoms with Gasteiger partial charge in [-0.05, 0) is 57.0 Å². The average molecular weight is 311 g/mol. The van der Waals surface area contributed by atoms with Crippen molar-refractivity contribution in [2.24, 2.45) is 0 Å². The molecular weight excluding hydrogens is 290 g/mol. The summed E-state index contributed by atoms with van der Waals surface area (Å²) < 4.78 is 5.65. The molecular formula is C19H21NO3. The van der Waals surface area contributed by atoms with Crippen molar-refractivity contribution in [3.63, 3.8) is 0 Å². The van der Waals surface area contributed by atoms with Crippen molar-refractivity contribution >= 4 is 17.4 Å². The number of benzene rings is 2. The van der Waals surface area contributed by atoms with Crippen LogP contribution in [0, 0.1) is 13.8 Å². The number of carbonyl (C=O) groups excluding carboxylic acids is 2. The Balaban J connectivity index is 2.07. The number of nitrogens with one attached hydrogen (secondary N) is 1. The average Bonchev–Trinajstić information content (AvgIpc) is 2.51. The highest BCUT2D eigenvalue weighted by Crippen LogP contribution is 2.19. The first kappa shape index (κ1) is 16.7. The van der Waals surface area contributed by atoms with Crippen molar-refractivity contribution in [2.45, 2.75) is 33.8 Å². The van der Waals surface area contributed by atoms with Gasteiger partial charge in [-0.3, -0.25) is 9.59 Å². The maximum absolute atomic E-state index is 12.3. The molecule has 120 valence electrons. The lowest BCUT2D eigenvalue weighted by atomic mass is 10.1. The molecule has 0 fully saturated rings. The van der Waals surface area contributed by atoms with Crippen LogP contribution in [0.4, 0.5) is 5.69 Å². The summed E-state index contributed by atoms with van der Waals surface area (Å²) in [5.74, 6) is 0.233. The van der Waals surface area contributed by atoms with Gasteiger partial charge in [0, 0.05) is 11.3 Å². The molecule has 0 spiro atoms. The van der Waals surface area contributed by atoms with Crippen LogP contribution in [0.2, 0.25) is 0 Å². The molecule has 4 nitrogen and oxygen atoms in total. The summed E-state index contributed by atoms with van der Waals surface area (Å²) in [6.07, 6.45) is -0.669. The van der Waals surface area contributed by atoms with Gasteiger partial charge in [-0.1, -0.05) is 24.3 Å². The molecule has 0 aromatic heterocycles. The molecule has 23 heavy (non-hydrogen) atoms. The molecule has 0 unspecified atom stereocenters. The Kier molecular flexibility index (Phi) is 5.16. The Morgan fingerprint density at radius 3 is 2.52 bits per heavy atom. The van der Waals surface area contributed by atoms with Crippen LogP contribution in [-0.4, -0.2) is 17.8 Å². The highest BCUT2D eigenvalue weighted by molar-refractivity contribution is 5.95. The van der Waals surface area contributed by atoms with Crippen molar-refractivity contribution in [1.29, 1.82) is 0 Å². The van der Waals surface area contributed by atoms with E-state index in [1.807, 2.05) is 32.0 Å². The maximum Gasteiger partial charge on any atom is 0.265 e.